The molecule has 204 valence electrons. The number of ether oxygens (including phenoxy) is 5. The standard InChI is InChI=1S/C34H33NO5/c1-36-29-16-14-23(20-31(29)38-3)18-19-35-22-27-33(24-10-6-5-7-11-24)26-12-8-9-13-28(26)40-34(27)25-15-17-30(37-2)32(21-25)39-4/h5-17,20-22,33H,18-19H2,1-4H3/t33-/m1/s1. The van der Waals surface area contributed by atoms with Gasteiger partial charge in [-0.05, 0) is 53.9 Å². The van der Waals surface area contributed by atoms with E-state index in [-0.39, 0.29) is 5.92 Å². The highest BCUT2D eigenvalue weighted by molar-refractivity contribution is 5.94. The molecule has 4 aromatic rings. The van der Waals surface area contributed by atoms with E-state index in [1.807, 2.05) is 66.9 Å². The van der Waals surface area contributed by atoms with Gasteiger partial charge in [0.15, 0.2) is 23.0 Å². The first-order chi connectivity index (χ1) is 19.7. The van der Waals surface area contributed by atoms with Crippen molar-refractivity contribution in [3.05, 3.63) is 119 Å². The minimum absolute atomic E-state index is 0.0564. The van der Waals surface area contributed by atoms with Gasteiger partial charge >= 0.3 is 0 Å². The third-order valence-corrected chi connectivity index (χ3v) is 7.00. The van der Waals surface area contributed by atoms with E-state index in [0.29, 0.717) is 29.5 Å². The fraction of sp³-hybridized carbons (Fsp3) is 0.206. The molecule has 0 saturated carbocycles. The molecule has 1 aliphatic rings. The lowest BCUT2D eigenvalue weighted by molar-refractivity contribution is 0.354. The zero-order valence-corrected chi connectivity index (χ0v) is 23.2. The molecule has 0 bridgehead atoms. The molecule has 1 aliphatic heterocycles. The van der Waals surface area contributed by atoms with Gasteiger partial charge in [0, 0.05) is 35.4 Å². The van der Waals surface area contributed by atoms with Crippen molar-refractivity contribution in [2.24, 2.45) is 4.99 Å². The number of nitrogens with zero attached hydrogens (tertiary/aromatic N) is 1. The molecule has 40 heavy (non-hydrogen) atoms. The number of hydrogen-bond donors (Lipinski definition) is 0. The highest BCUT2D eigenvalue weighted by atomic mass is 16.5. The van der Waals surface area contributed by atoms with Gasteiger partial charge in [0.05, 0.1) is 28.4 Å². The monoisotopic (exact) mass is 535 g/mol. The number of methoxy groups -OCH3 is 4. The summed E-state index contributed by atoms with van der Waals surface area (Å²) in [6.45, 7) is 0.599. The molecule has 6 nitrogen and oxygen atoms in total. The van der Waals surface area contributed by atoms with Crippen LogP contribution in [0.4, 0.5) is 0 Å². The van der Waals surface area contributed by atoms with Crippen LogP contribution >= 0.6 is 0 Å². The largest absolute Gasteiger partial charge is 0.493 e. The second-order valence-electron chi connectivity index (χ2n) is 9.31. The van der Waals surface area contributed by atoms with Crippen molar-refractivity contribution in [2.45, 2.75) is 12.3 Å². The maximum Gasteiger partial charge on any atom is 0.161 e. The maximum absolute atomic E-state index is 6.59. The van der Waals surface area contributed by atoms with Gasteiger partial charge in [0.1, 0.15) is 11.5 Å². The van der Waals surface area contributed by atoms with Crippen LogP contribution in [-0.2, 0) is 6.42 Å². The highest BCUT2D eigenvalue weighted by Crippen LogP contribution is 2.46. The van der Waals surface area contributed by atoms with Crippen molar-refractivity contribution in [3.63, 3.8) is 0 Å². The molecule has 0 aliphatic carbocycles. The summed E-state index contributed by atoms with van der Waals surface area (Å²) in [4.78, 5) is 4.90. The van der Waals surface area contributed by atoms with Crippen LogP contribution < -0.4 is 23.7 Å². The summed E-state index contributed by atoms with van der Waals surface area (Å²) in [5.41, 5.74) is 5.24. The fourth-order valence-corrected chi connectivity index (χ4v) is 5.01. The predicted molar refractivity (Wildman–Crippen MR) is 158 cm³/mol. The minimum atomic E-state index is -0.0564. The third-order valence-electron chi connectivity index (χ3n) is 7.00. The number of benzene rings is 4. The van der Waals surface area contributed by atoms with Crippen molar-refractivity contribution in [1.29, 1.82) is 0 Å². The van der Waals surface area contributed by atoms with Gasteiger partial charge in [-0.2, -0.15) is 0 Å². The molecule has 0 N–H and O–H groups in total. The minimum Gasteiger partial charge on any atom is -0.493 e. The van der Waals surface area contributed by atoms with Crippen LogP contribution in [0.3, 0.4) is 0 Å². The molecule has 0 amide bonds. The number of para-hydroxylation sites is 1. The molecule has 0 radical (unpaired) electrons. The number of rotatable bonds is 10. The van der Waals surface area contributed by atoms with Gasteiger partial charge < -0.3 is 23.7 Å². The lowest BCUT2D eigenvalue weighted by atomic mass is 9.81. The Bertz CT molecular complexity index is 1530. The molecule has 0 fully saturated rings. The van der Waals surface area contributed by atoms with Gasteiger partial charge in [0.2, 0.25) is 0 Å². The molecular weight excluding hydrogens is 502 g/mol. The fourth-order valence-electron chi connectivity index (χ4n) is 5.01. The summed E-state index contributed by atoms with van der Waals surface area (Å²) in [6, 6.07) is 30.4. The van der Waals surface area contributed by atoms with Crippen molar-refractivity contribution >= 4 is 12.0 Å². The van der Waals surface area contributed by atoms with Gasteiger partial charge in [0.25, 0.3) is 0 Å². The molecule has 5 rings (SSSR count). The Balaban J connectivity index is 1.56. The highest BCUT2D eigenvalue weighted by Gasteiger charge is 2.31. The molecule has 0 aromatic heterocycles. The Kier molecular flexibility index (Phi) is 8.35. The van der Waals surface area contributed by atoms with E-state index in [1.165, 1.54) is 0 Å². The lowest BCUT2D eigenvalue weighted by Gasteiger charge is -2.30. The quantitative estimate of drug-likeness (QED) is 0.205. The van der Waals surface area contributed by atoms with Crippen LogP contribution in [0.5, 0.6) is 28.7 Å². The van der Waals surface area contributed by atoms with Crippen LogP contribution in [0.25, 0.3) is 5.76 Å². The first-order valence-corrected chi connectivity index (χ1v) is 13.2. The second kappa shape index (κ2) is 12.4. The number of aliphatic imine (C=N–C) groups is 1. The summed E-state index contributed by atoms with van der Waals surface area (Å²) in [5, 5.41) is 0. The molecule has 0 unspecified atom stereocenters. The average Bonchev–Trinajstić information content (AvgIpc) is 3.02. The van der Waals surface area contributed by atoms with Crippen molar-refractivity contribution in [2.75, 3.05) is 35.0 Å². The van der Waals surface area contributed by atoms with Crippen molar-refractivity contribution in [3.8, 4) is 28.7 Å². The molecular formula is C34H33NO5. The molecule has 4 aromatic carbocycles. The smallest absolute Gasteiger partial charge is 0.161 e. The van der Waals surface area contributed by atoms with Crippen molar-refractivity contribution < 1.29 is 23.7 Å². The van der Waals surface area contributed by atoms with E-state index in [9.17, 15) is 0 Å². The van der Waals surface area contributed by atoms with Crippen molar-refractivity contribution in [1.82, 2.24) is 0 Å². The van der Waals surface area contributed by atoms with E-state index < -0.39 is 0 Å². The Labute approximate surface area is 235 Å². The van der Waals surface area contributed by atoms with E-state index in [4.69, 9.17) is 28.7 Å². The normalized spacial score (nSPS) is 14.4. The van der Waals surface area contributed by atoms with Crippen LogP contribution in [0.15, 0.2) is 102 Å². The summed E-state index contributed by atoms with van der Waals surface area (Å²) < 4.78 is 28.5. The van der Waals surface area contributed by atoms with Gasteiger partial charge in [-0.15, -0.1) is 0 Å². The number of allylic oxidation sites excluding steroid dienone is 1. The van der Waals surface area contributed by atoms with E-state index in [1.54, 1.807) is 28.4 Å². The van der Waals surface area contributed by atoms with Gasteiger partial charge in [-0.3, -0.25) is 4.99 Å². The first kappa shape index (κ1) is 26.9. The summed E-state index contributed by atoms with van der Waals surface area (Å²) in [7, 11) is 6.55. The van der Waals surface area contributed by atoms with Crippen LogP contribution in [0, 0.1) is 0 Å². The van der Waals surface area contributed by atoms with E-state index in [2.05, 4.69) is 30.3 Å². The van der Waals surface area contributed by atoms with Crippen LogP contribution in [0.2, 0.25) is 0 Å². The molecule has 0 saturated heterocycles. The zero-order valence-electron chi connectivity index (χ0n) is 23.2. The molecule has 6 heteroatoms. The zero-order chi connectivity index (χ0) is 27.9. The topological polar surface area (TPSA) is 58.5 Å². The summed E-state index contributed by atoms with van der Waals surface area (Å²) in [6.07, 6.45) is 2.71. The molecule has 1 atom stereocenters. The average molecular weight is 536 g/mol. The number of hydrogen-bond acceptors (Lipinski definition) is 6. The molecule has 1 heterocycles. The van der Waals surface area contributed by atoms with E-state index in [0.717, 1.165) is 45.8 Å². The molecule has 0 spiro atoms. The Hall–Kier alpha value is -4.71. The maximum atomic E-state index is 6.59. The third kappa shape index (κ3) is 5.52. The van der Waals surface area contributed by atoms with Crippen LogP contribution in [-0.4, -0.2) is 41.2 Å². The lowest BCUT2D eigenvalue weighted by Crippen LogP contribution is -2.17. The Morgan fingerprint density at radius 2 is 1.35 bits per heavy atom. The van der Waals surface area contributed by atoms with E-state index >= 15 is 0 Å². The van der Waals surface area contributed by atoms with Crippen LogP contribution in [0.1, 0.15) is 28.2 Å². The number of fused-ring (bicyclic) bond motifs is 1. The SMILES string of the molecule is COc1ccc(CCN=CC2=C(c3ccc(OC)c(OC)c3)Oc3ccccc3[C@H]2c2ccccc2)cc1OC. The first-order valence-electron chi connectivity index (χ1n) is 13.2. The second-order valence-corrected chi connectivity index (χ2v) is 9.31. The summed E-state index contributed by atoms with van der Waals surface area (Å²) >= 11 is 0. The van der Waals surface area contributed by atoms with Gasteiger partial charge in [-0.1, -0.05) is 54.6 Å². The van der Waals surface area contributed by atoms with Gasteiger partial charge in [-0.25, -0.2) is 0 Å². The predicted octanol–water partition coefficient (Wildman–Crippen LogP) is 6.97. The Morgan fingerprint density at radius 1 is 0.700 bits per heavy atom. The Morgan fingerprint density at radius 3 is 2.08 bits per heavy atom. The summed E-state index contributed by atoms with van der Waals surface area (Å²) in [5.74, 6) is 4.22.